The number of ether oxygens (including phenoxy) is 4. The van der Waals surface area contributed by atoms with Gasteiger partial charge in [-0.15, -0.1) is 0 Å². The molecular weight excluding hydrogens is 428 g/mol. The Morgan fingerprint density at radius 2 is 2.00 bits per heavy atom. The molecule has 0 radical (unpaired) electrons. The average molecular weight is 445 g/mol. The zero-order valence-corrected chi connectivity index (χ0v) is 16.8. The number of fused-ring (bicyclic) bond motifs is 1. The number of amides is 1. The maximum absolute atomic E-state index is 12.5. The molecule has 1 aliphatic heterocycles. The summed E-state index contributed by atoms with van der Waals surface area (Å²) in [7, 11) is 3.10. The van der Waals surface area contributed by atoms with Crippen molar-refractivity contribution in [2.24, 2.45) is 0 Å². The van der Waals surface area contributed by atoms with Crippen LogP contribution in [-0.2, 0) is 11.3 Å². The number of methoxy groups -OCH3 is 2. The minimum Gasteiger partial charge on any atom is -0.497 e. The molecule has 0 saturated heterocycles. The Bertz CT molecular complexity index is 981. The molecule has 0 saturated carbocycles. The molecule has 1 N–H and O–H groups in total. The van der Waals surface area contributed by atoms with E-state index in [4.69, 9.17) is 18.9 Å². The summed E-state index contributed by atoms with van der Waals surface area (Å²) < 4.78 is 21.8. The number of hydrogen-bond acceptors (Lipinski definition) is 6. The standard InChI is InChI=1S/C20H17BrN2O5/c1-25-15-4-3-12(17(7-15)26-2)10-23-20(24)14(9-22)5-13-6-18-19(8-16(13)21)28-11-27-18/h3-8H,10-11H2,1-2H3,(H,23,24)/b14-5+. The second kappa shape index (κ2) is 8.67. The summed E-state index contributed by atoms with van der Waals surface area (Å²) in [5.41, 5.74) is 1.36. The third kappa shape index (κ3) is 4.21. The zero-order chi connectivity index (χ0) is 20.1. The number of rotatable bonds is 6. The topological polar surface area (TPSA) is 89.8 Å². The van der Waals surface area contributed by atoms with E-state index in [9.17, 15) is 10.1 Å². The van der Waals surface area contributed by atoms with Gasteiger partial charge in [0.15, 0.2) is 11.5 Å². The predicted octanol–water partition coefficient (Wildman–Crippen LogP) is 3.42. The monoisotopic (exact) mass is 444 g/mol. The van der Waals surface area contributed by atoms with Crippen LogP contribution in [0.3, 0.4) is 0 Å². The van der Waals surface area contributed by atoms with Crippen LogP contribution in [0.4, 0.5) is 0 Å². The van der Waals surface area contributed by atoms with Crippen LogP contribution in [0.25, 0.3) is 6.08 Å². The lowest BCUT2D eigenvalue weighted by atomic mass is 10.1. The molecule has 1 heterocycles. The van der Waals surface area contributed by atoms with Crippen molar-refractivity contribution >= 4 is 27.9 Å². The van der Waals surface area contributed by atoms with E-state index in [1.807, 2.05) is 6.07 Å². The predicted molar refractivity (Wildman–Crippen MR) is 105 cm³/mol. The Morgan fingerprint density at radius 1 is 1.25 bits per heavy atom. The van der Waals surface area contributed by atoms with E-state index < -0.39 is 5.91 Å². The van der Waals surface area contributed by atoms with Crippen LogP contribution in [0, 0.1) is 11.3 Å². The Balaban J connectivity index is 1.76. The third-order valence-corrected chi connectivity index (χ3v) is 4.78. The summed E-state index contributed by atoms with van der Waals surface area (Å²) in [5, 5.41) is 12.1. The Morgan fingerprint density at radius 3 is 2.68 bits per heavy atom. The van der Waals surface area contributed by atoms with E-state index >= 15 is 0 Å². The van der Waals surface area contributed by atoms with E-state index in [0.717, 1.165) is 5.56 Å². The van der Waals surface area contributed by atoms with Gasteiger partial charge in [-0.1, -0.05) is 15.9 Å². The van der Waals surface area contributed by atoms with Crippen LogP contribution in [0.2, 0.25) is 0 Å². The van der Waals surface area contributed by atoms with Crippen LogP contribution in [0.5, 0.6) is 23.0 Å². The van der Waals surface area contributed by atoms with Crippen LogP contribution in [-0.4, -0.2) is 26.9 Å². The quantitative estimate of drug-likeness (QED) is 0.542. The largest absolute Gasteiger partial charge is 0.497 e. The summed E-state index contributed by atoms with van der Waals surface area (Å²) in [6.45, 7) is 0.345. The van der Waals surface area contributed by atoms with Gasteiger partial charge >= 0.3 is 0 Å². The van der Waals surface area contributed by atoms with Crippen molar-refractivity contribution in [1.29, 1.82) is 5.26 Å². The molecule has 0 spiro atoms. The lowest BCUT2D eigenvalue weighted by Crippen LogP contribution is -2.24. The van der Waals surface area contributed by atoms with E-state index in [1.54, 1.807) is 37.4 Å². The van der Waals surface area contributed by atoms with Crippen LogP contribution in [0.15, 0.2) is 40.4 Å². The molecule has 0 unspecified atom stereocenters. The van der Waals surface area contributed by atoms with Crippen molar-refractivity contribution in [2.45, 2.75) is 6.54 Å². The summed E-state index contributed by atoms with van der Waals surface area (Å²) in [4.78, 5) is 12.5. The summed E-state index contributed by atoms with van der Waals surface area (Å²) in [5.74, 6) is 1.91. The minimum absolute atomic E-state index is 0.0351. The first-order valence-electron chi connectivity index (χ1n) is 8.25. The Hall–Kier alpha value is -3.18. The van der Waals surface area contributed by atoms with Crippen molar-refractivity contribution in [1.82, 2.24) is 5.32 Å². The first kappa shape index (κ1) is 19.6. The first-order chi connectivity index (χ1) is 13.5. The third-order valence-electron chi connectivity index (χ3n) is 4.09. The molecule has 1 aliphatic rings. The van der Waals surface area contributed by atoms with Crippen molar-refractivity contribution in [3.8, 4) is 29.1 Å². The van der Waals surface area contributed by atoms with Crippen LogP contribution >= 0.6 is 15.9 Å². The highest BCUT2D eigenvalue weighted by Gasteiger charge is 2.17. The highest BCUT2D eigenvalue weighted by molar-refractivity contribution is 9.10. The summed E-state index contributed by atoms with van der Waals surface area (Å²) in [6, 6.07) is 10.7. The fourth-order valence-corrected chi connectivity index (χ4v) is 3.05. The SMILES string of the molecule is COc1ccc(CNC(=O)/C(C#N)=C/c2cc3c(cc2Br)OCO3)c(OC)c1. The maximum atomic E-state index is 12.5. The van der Waals surface area contributed by atoms with E-state index in [-0.39, 0.29) is 18.9 Å². The van der Waals surface area contributed by atoms with E-state index in [2.05, 4.69) is 21.2 Å². The van der Waals surface area contributed by atoms with Crippen molar-refractivity contribution in [3.05, 3.63) is 51.5 Å². The molecule has 0 aliphatic carbocycles. The number of nitrogens with zero attached hydrogens (tertiary/aromatic N) is 1. The van der Waals surface area contributed by atoms with Gasteiger partial charge in [0, 0.05) is 22.6 Å². The first-order valence-corrected chi connectivity index (χ1v) is 9.05. The van der Waals surface area contributed by atoms with Crippen molar-refractivity contribution in [2.75, 3.05) is 21.0 Å². The molecule has 8 heteroatoms. The average Bonchev–Trinajstić information content (AvgIpc) is 3.16. The number of carbonyl (C=O) groups excluding carboxylic acids is 1. The van der Waals surface area contributed by atoms with E-state index in [1.165, 1.54) is 13.2 Å². The molecule has 2 aromatic rings. The van der Waals surface area contributed by atoms with Crippen molar-refractivity contribution < 1.29 is 23.7 Å². The molecule has 3 rings (SSSR count). The van der Waals surface area contributed by atoms with Gasteiger partial charge in [0.25, 0.3) is 5.91 Å². The fraction of sp³-hybridized carbons (Fsp3) is 0.200. The molecule has 144 valence electrons. The number of hydrogen-bond donors (Lipinski definition) is 1. The smallest absolute Gasteiger partial charge is 0.262 e. The maximum Gasteiger partial charge on any atom is 0.262 e. The van der Waals surface area contributed by atoms with Gasteiger partial charge in [-0.3, -0.25) is 4.79 Å². The molecule has 0 bridgehead atoms. The summed E-state index contributed by atoms with van der Waals surface area (Å²) >= 11 is 3.42. The lowest BCUT2D eigenvalue weighted by molar-refractivity contribution is -0.117. The second-order valence-corrected chi connectivity index (χ2v) is 6.61. The summed E-state index contributed by atoms with van der Waals surface area (Å²) in [6.07, 6.45) is 1.49. The van der Waals surface area contributed by atoms with Gasteiger partial charge < -0.3 is 24.3 Å². The molecule has 2 aromatic carbocycles. The van der Waals surface area contributed by atoms with Gasteiger partial charge in [-0.25, -0.2) is 0 Å². The lowest BCUT2D eigenvalue weighted by Gasteiger charge is -2.11. The number of halogens is 1. The normalized spacial score (nSPS) is 12.3. The number of benzene rings is 2. The Labute approximate surface area is 170 Å². The van der Waals surface area contributed by atoms with Gasteiger partial charge in [0.05, 0.1) is 14.2 Å². The zero-order valence-electron chi connectivity index (χ0n) is 15.2. The molecule has 28 heavy (non-hydrogen) atoms. The molecule has 1 amide bonds. The molecule has 0 atom stereocenters. The van der Waals surface area contributed by atoms with Crippen molar-refractivity contribution in [3.63, 3.8) is 0 Å². The van der Waals surface area contributed by atoms with Crippen LogP contribution in [0.1, 0.15) is 11.1 Å². The highest BCUT2D eigenvalue weighted by atomic mass is 79.9. The highest BCUT2D eigenvalue weighted by Crippen LogP contribution is 2.37. The van der Waals surface area contributed by atoms with Gasteiger partial charge in [0.1, 0.15) is 23.1 Å². The Kier molecular flexibility index (Phi) is 6.06. The van der Waals surface area contributed by atoms with E-state index in [0.29, 0.717) is 33.0 Å². The molecule has 0 aromatic heterocycles. The van der Waals surface area contributed by atoms with Gasteiger partial charge in [-0.2, -0.15) is 5.26 Å². The second-order valence-electron chi connectivity index (χ2n) is 5.76. The molecule has 7 nitrogen and oxygen atoms in total. The molecular formula is C20H17BrN2O5. The minimum atomic E-state index is -0.495. The van der Waals surface area contributed by atoms with Gasteiger partial charge in [-0.05, 0) is 35.9 Å². The number of nitrogens with one attached hydrogen (secondary N) is 1. The van der Waals surface area contributed by atoms with Gasteiger partial charge in [0.2, 0.25) is 6.79 Å². The number of carbonyl (C=O) groups is 1. The van der Waals surface area contributed by atoms with Crippen LogP contribution < -0.4 is 24.3 Å². The molecule has 0 fully saturated rings. The fourth-order valence-electron chi connectivity index (χ4n) is 2.62. The number of nitriles is 1.